The maximum atomic E-state index is 15.1. The van der Waals surface area contributed by atoms with E-state index in [0.29, 0.717) is 24.0 Å². The van der Waals surface area contributed by atoms with Crippen LogP contribution in [0.1, 0.15) is 33.1 Å². The normalized spacial score (nSPS) is 46.8. The highest BCUT2D eigenvalue weighted by Gasteiger charge is 2.67. The van der Waals surface area contributed by atoms with E-state index in [0.717, 1.165) is 5.57 Å². The lowest BCUT2D eigenvalue weighted by Gasteiger charge is -2.53. The predicted octanol–water partition coefficient (Wildman–Crippen LogP) is 3.14. The zero-order chi connectivity index (χ0) is 19.1. The minimum Gasteiger partial charge on any atom is -0.479 e. The van der Waals surface area contributed by atoms with Crippen LogP contribution < -0.4 is 0 Å². The molecule has 0 aromatic rings. The number of aliphatic hydroxyl groups is 1. The number of aliphatic carboxylic acids is 1. The highest BCUT2D eigenvalue weighted by Crippen LogP contribution is 2.66. The van der Waals surface area contributed by atoms with E-state index in [2.05, 4.69) is 6.58 Å². The number of allylic oxidation sites excluding steroid dienone is 6. The number of carboxylic acids is 1. The number of ketones is 1. The number of hydrogen-bond acceptors (Lipinski definition) is 3. The Kier molecular flexibility index (Phi) is 3.37. The van der Waals surface area contributed by atoms with Gasteiger partial charge in [-0.25, -0.2) is 9.18 Å². The Bertz CT molecular complexity index is 837. The number of fused-ring (bicyclic) bond motifs is 5. The lowest BCUT2D eigenvalue weighted by Crippen LogP contribution is -2.55. The van der Waals surface area contributed by atoms with Crippen LogP contribution in [0.5, 0.6) is 0 Å². The van der Waals surface area contributed by atoms with Crippen LogP contribution in [0.4, 0.5) is 4.39 Å². The second kappa shape index (κ2) is 5.03. The van der Waals surface area contributed by atoms with Gasteiger partial charge >= 0.3 is 5.97 Å². The zero-order valence-electron chi connectivity index (χ0n) is 15.0. The van der Waals surface area contributed by atoms with Crippen LogP contribution in [0.3, 0.4) is 0 Å². The molecule has 138 valence electrons. The molecule has 0 heterocycles. The number of halogens is 1. The molecule has 4 rings (SSSR count). The Morgan fingerprint density at radius 2 is 2.04 bits per heavy atom. The van der Waals surface area contributed by atoms with Crippen molar-refractivity contribution in [2.24, 2.45) is 22.7 Å². The van der Waals surface area contributed by atoms with Gasteiger partial charge in [0.1, 0.15) is 6.17 Å². The third kappa shape index (κ3) is 1.82. The van der Waals surface area contributed by atoms with Crippen LogP contribution >= 0.6 is 0 Å². The molecule has 6 atom stereocenters. The Hall–Kier alpha value is -2.01. The molecule has 0 amide bonds. The molecule has 0 spiro atoms. The van der Waals surface area contributed by atoms with Crippen LogP contribution in [-0.2, 0) is 9.59 Å². The smallest absolute Gasteiger partial charge is 0.340 e. The molecule has 0 saturated heterocycles. The number of carboxylic acid groups (broad SMARTS) is 1. The monoisotopic (exact) mass is 358 g/mol. The molecule has 0 aliphatic heterocycles. The van der Waals surface area contributed by atoms with Crippen LogP contribution in [0.25, 0.3) is 0 Å². The molecule has 2 fully saturated rings. The first kappa shape index (κ1) is 17.4. The summed E-state index contributed by atoms with van der Waals surface area (Å²) in [5, 5.41) is 20.7. The summed E-state index contributed by atoms with van der Waals surface area (Å²) in [6, 6.07) is 0. The Morgan fingerprint density at radius 3 is 2.69 bits per heavy atom. The van der Waals surface area contributed by atoms with Gasteiger partial charge in [-0.3, -0.25) is 4.79 Å². The molecule has 0 aromatic heterocycles. The maximum Gasteiger partial charge on any atom is 0.340 e. The molecule has 0 aromatic carbocycles. The van der Waals surface area contributed by atoms with Gasteiger partial charge in [-0.1, -0.05) is 31.2 Å². The average molecular weight is 358 g/mol. The summed E-state index contributed by atoms with van der Waals surface area (Å²) in [6.45, 7) is 7.54. The predicted molar refractivity (Wildman–Crippen MR) is 94.0 cm³/mol. The quantitative estimate of drug-likeness (QED) is 0.706. The minimum absolute atomic E-state index is 0.186. The number of carbonyl (C=O) groups excluding carboxylic acids is 1. The highest BCUT2D eigenvalue weighted by molar-refractivity contribution is 6.01. The molecule has 0 bridgehead atoms. The molecule has 26 heavy (non-hydrogen) atoms. The molecular weight excluding hydrogens is 335 g/mol. The lowest BCUT2D eigenvalue weighted by molar-refractivity contribution is -0.168. The SMILES string of the molecule is C=C1C[C@H]2[C@@H]3C[C@H](F)C4=CC(=O)C=C[C@]4(C)C3=CC[C@]2(C)[C@@]1(O)C(=O)O. The van der Waals surface area contributed by atoms with Gasteiger partial charge in [-0.15, -0.1) is 0 Å². The van der Waals surface area contributed by atoms with Crippen LogP contribution in [0, 0.1) is 22.7 Å². The first-order valence-corrected chi connectivity index (χ1v) is 8.99. The molecule has 5 heteroatoms. The van der Waals surface area contributed by atoms with Crippen molar-refractivity contribution in [1.29, 1.82) is 0 Å². The summed E-state index contributed by atoms with van der Waals surface area (Å²) < 4.78 is 15.1. The number of rotatable bonds is 1. The van der Waals surface area contributed by atoms with E-state index in [9.17, 15) is 19.8 Å². The summed E-state index contributed by atoms with van der Waals surface area (Å²) >= 11 is 0. The topological polar surface area (TPSA) is 74.6 Å². The largest absolute Gasteiger partial charge is 0.479 e. The molecule has 4 nitrogen and oxygen atoms in total. The van der Waals surface area contributed by atoms with Gasteiger partial charge in [-0.2, -0.15) is 0 Å². The number of hydrogen-bond donors (Lipinski definition) is 2. The summed E-state index contributed by atoms with van der Waals surface area (Å²) in [6.07, 6.45) is 6.31. The summed E-state index contributed by atoms with van der Waals surface area (Å²) in [7, 11) is 0. The fourth-order valence-electron chi connectivity index (χ4n) is 5.89. The first-order valence-electron chi connectivity index (χ1n) is 8.99. The molecule has 4 aliphatic carbocycles. The summed E-state index contributed by atoms with van der Waals surface area (Å²) in [4.78, 5) is 23.6. The van der Waals surface area contributed by atoms with Crippen molar-refractivity contribution in [3.8, 4) is 0 Å². The summed E-state index contributed by atoms with van der Waals surface area (Å²) in [5.41, 5.74) is -1.77. The minimum atomic E-state index is -2.00. The van der Waals surface area contributed by atoms with E-state index in [1.165, 1.54) is 12.2 Å². The van der Waals surface area contributed by atoms with E-state index >= 15 is 4.39 Å². The van der Waals surface area contributed by atoms with Crippen molar-refractivity contribution < 1.29 is 24.2 Å². The van der Waals surface area contributed by atoms with Crippen molar-refractivity contribution in [2.45, 2.75) is 44.9 Å². The van der Waals surface area contributed by atoms with Gasteiger partial charge in [0.2, 0.25) is 0 Å². The Balaban J connectivity index is 1.85. The van der Waals surface area contributed by atoms with Crippen molar-refractivity contribution in [3.63, 3.8) is 0 Å². The van der Waals surface area contributed by atoms with Gasteiger partial charge in [0.15, 0.2) is 11.4 Å². The van der Waals surface area contributed by atoms with E-state index in [1.807, 2.05) is 13.0 Å². The Labute approximate surface area is 151 Å². The standard InChI is InChI=1S/C21H23FO4/c1-11-8-15-13-10-17(22)16-9-12(23)4-6-19(16,2)14(13)5-7-20(15,3)21(11,26)18(24)25/h4-6,9,13,15,17,26H,1,7-8,10H2,2-3H3,(H,24,25)/t13-,15+,17+,19-,20+,21+/m1/s1. The average Bonchev–Trinajstić information content (AvgIpc) is 2.78. The second-order valence-electron chi connectivity index (χ2n) is 8.56. The van der Waals surface area contributed by atoms with Gasteiger partial charge < -0.3 is 10.2 Å². The fraction of sp³-hybridized carbons (Fsp3) is 0.524. The van der Waals surface area contributed by atoms with Crippen molar-refractivity contribution >= 4 is 11.8 Å². The van der Waals surface area contributed by atoms with Crippen molar-refractivity contribution in [2.75, 3.05) is 0 Å². The van der Waals surface area contributed by atoms with Crippen LogP contribution in [0.15, 0.2) is 47.6 Å². The third-order valence-corrected chi connectivity index (χ3v) is 7.44. The summed E-state index contributed by atoms with van der Waals surface area (Å²) in [5.74, 6) is -1.87. The van der Waals surface area contributed by atoms with E-state index in [1.54, 1.807) is 13.0 Å². The maximum absolute atomic E-state index is 15.1. The molecule has 2 N–H and O–H groups in total. The zero-order valence-corrected chi connectivity index (χ0v) is 15.0. The van der Waals surface area contributed by atoms with Crippen LogP contribution in [0.2, 0.25) is 0 Å². The molecule has 0 unspecified atom stereocenters. The van der Waals surface area contributed by atoms with E-state index in [4.69, 9.17) is 0 Å². The molecule has 2 saturated carbocycles. The second-order valence-corrected chi connectivity index (χ2v) is 8.56. The van der Waals surface area contributed by atoms with Crippen LogP contribution in [-0.4, -0.2) is 33.7 Å². The van der Waals surface area contributed by atoms with Crippen molar-refractivity contribution in [1.82, 2.24) is 0 Å². The number of carbonyl (C=O) groups is 2. The van der Waals surface area contributed by atoms with Gasteiger partial charge in [0.25, 0.3) is 0 Å². The van der Waals surface area contributed by atoms with Crippen molar-refractivity contribution in [3.05, 3.63) is 47.6 Å². The highest BCUT2D eigenvalue weighted by atomic mass is 19.1. The molecule has 0 radical (unpaired) electrons. The number of alkyl halides is 1. The van der Waals surface area contributed by atoms with Gasteiger partial charge in [0.05, 0.1) is 0 Å². The van der Waals surface area contributed by atoms with E-state index in [-0.39, 0.29) is 24.0 Å². The fourth-order valence-corrected chi connectivity index (χ4v) is 5.89. The van der Waals surface area contributed by atoms with Gasteiger partial charge in [0, 0.05) is 10.8 Å². The third-order valence-electron chi connectivity index (χ3n) is 7.44. The molecular formula is C21H23FO4. The van der Waals surface area contributed by atoms with Gasteiger partial charge in [-0.05, 0) is 61.3 Å². The Morgan fingerprint density at radius 1 is 1.35 bits per heavy atom. The first-order chi connectivity index (χ1) is 12.1. The molecule has 4 aliphatic rings. The van der Waals surface area contributed by atoms with E-state index < -0.39 is 28.6 Å². The lowest BCUT2D eigenvalue weighted by atomic mass is 9.51.